The van der Waals surface area contributed by atoms with E-state index in [1.54, 1.807) is 6.92 Å². The number of imide groups is 1. The van der Waals surface area contributed by atoms with Crippen LogP contribution in [0, 0.1) is 5.92 Å². The highest BCUT2D eigenvalue weighted by Gasteiger charge is 2.32. The van der Waals surface area contributed by atoms with Crippen molar-refractivity contribution in [3.8, 4) is 0 Å². The van der Waals surface area contributed by atoms with Crippen LogP contribution in [0.1, 0.15) is 57.8 Å². The second kappa shape index (κ2) is 11.7. The molecule has 0 saturated carbocycles. The number of nitrogens with two attached hydrogens (primary N) is 1. The fraction of sp³-hybridized carbons (Fsp3) is 0.440. The SMILES string of the molecule is CCOC(=O)N1CCc2c(sc(NC(=O)c3ccc(S(=O)(=O)N4CCCC(C)C4)cc3)c2C(=O)NC(N)=O)C1. The van der Waals surface area contributed by atoms with Gasteiger partial charge in [0.2, 0.25) is 10.0 Å². The lowest BCUT2D eigenvalue weighted by Crippen LogP contribution is -2.39. The number of primary amides is 1. The van der Waals surface area contributed by atoms with E-state index in [9.17, 15) is 27.6 Å². The Kier molecular flexibility index (Phi) is 8.57. The summed E-state index contributed by atoms with van der Waals surface area (Å²) >= 11 is 1.11. The average molecular weight is 578 g/mol. The molecule has 1 saturated heterocycles. The first kappa shape index (κ1) is 28.5. The van der Waals surface area contributed by atoms with Crippen LogP contribution in [0.3, 0.4) is 0 Å². The van der Waals surface area contributed by atoms with E-state index in [0.29, 0.717) is 36.5 Å². The van der Waals surface area contributed by atoms with Gasteiger partial charge in [-0.15, -0.1) is 11.3 Å². The molecule has 14 heteroatoms. The van der Waals surface area contributed by atoms with Crippen LogP contribution in [0.25, 0.3) is 0 Å². The van der Waals surface area contributed by atoms with E-state index >= 15 is 0 Å². The van der Waals surface area contributed by atoms with Gasteiger partial charge in [-0.1, -0.05) is 6.92 Å². The molecule has 3 heterocycles. The maximum atomic E-state index is 13.1. The number of anilines is 1. The molecule has 1 fully saturated rings. The fourth-order valence-corrected chi connectivity index (χ4v) is 7.60. The number of ether oxygens (including phenoxy) is 1. The van der Waals surface area contributed by atoms with Crippen LogP contribution in [-0.4, -0.2) is 67.8 Å². The molecular weight excluding hydrogens is 546 g/mol. The highest BCUT2D eigenvalue weighted by molar-refractivity contribution is 7.89. The minimum Gasteiger partial charge on any atom is -0.450 e. The number of amides is 5. The van der Waals surface area contributed by atoms with E-state index < -0.39 is 34.0 Å². The number of nitrogens with zero attached hydrogens (tertiary/aromatic N) is 2. The Balaban J connectivity index is 1.56. The topological polar surface area (TPSA) is 168 Å². The maximum Gasteiger partial charge on any atom is 0.410 e. The molecule has 0 radical (unpaired) electrons. The zero-order chi connectivity index (χ0) is 28.3. The maximum absolute atomic E-state index is 13.1. The minimum atomic E-state index is -3.68. The number of thiophene rings is 1. The molecule has 1 aromatic carbocycles. The number of carbonyl (C=O) groups is 4. The molecule has 2 aliphatic heterocycles. The molecule has 4 rings (SSSR count). The number of sulfonamides is 1. The van der Waals surface area contributed by atoms with Crippen LogP contribution in [0.2, 0.25) is 0 Å². The van der Waals surface area contributed by atoms with E-state index in [1.807, 2.05) is 12.2 Å². The summed E-state index contributed by atoms with van der Waals surface area (Å²) in [5.74, 6) is -1.06. The molecule has 39 heavy (non-hydrogen) atoms. The summed E-state index contributed by atoms with van der Waals surface area (Å²) in [6, 6.07) is 4.56. The number of urea groups is 1. The largest absolute Gasteiger partial charge is 0.450 e. The number of piperidine rings is 1. The number of fused-ring (bicyclic) bond motifs is 1. The second-order valence-corrected chi connectivity index (χ2v) is 12.5. The van der Waals surface area contributed by atoms with Crippen molar-refractivity contribution in [3.63, 3.8) is 0 Å². The molecule has 5 amide bonds. The summed E-state index contributed by atoms with van der Waals surface area (Å²) in [4.78, 5) is 51.8. The van der Waals surface area contributed by atoms with Crippen LogP contribution in [-0.2, 0) is 27.7 Å². The lowest BCUT2D eigenvalue weighted by atomic mass is 10.0. The highest BCUT2D eigenvalue weighted by Crippen LogP contribution is 2.37. The Hall–Kier alpha value is -3.49. The van der Waals surface area contributed by atoms with E-state index in [2.05, 4.69) is 5.32 Å². The molecule has 1 unspecified atom stereocenters. The predicted octanol–water partition coefficient (Wildman–Crippen LogP) is 2.74. The molecule has 210 valence electrons. The molecule has 12 nitrogen and oxygen atoms in total. The first-order valence-electron chi connectivity index (χ1n) is 12.6. The Bertz CT molecular complexity index is 1390. The van der Waals surface area contributed by atoms with Crippen LogP contribution in [0.4, 0.5) is 14.6 Å². The lowest BCUT2D eigenvalue weighted by molar-refractivity contribution is 0.0965. The normalized spacial score (nSPS) is 17.7. The predicted molar refractivity (Wildman–Crippen MR) is 144 cm³/mol. The van der Waals surface area contributed by atoms with Crippen LogP contribution < -0.4 is 16.4 Å². The zero-order valence-corrected chi connectivity index (χ0v) is 23.3. The summed E-state index contributed by atoms with van der Waals surface area (Å²) in [7, 11) is -3.68. The van der Waals surface area contributed by atoms with Crippen molar-refractivity contribution in [2.24, 2.45) is 11.7 Å². The van der Waals surface area contributed by atoms with Gasteiger partial charge in [0, 0.05) is 30.1 Å². The number of rotatable bonds is 6. The molecule has 2 aliphatic rings. The highest BCUT2D eigenvalue weighted by atomic mass is 32.2. The third-order valence-electron chi connectivity index (χ3n) is 6.65. The molecule has 1 aromatic heterocycles. The minimum absolute atomic E-state index is 0.0975. The molecule has 1 atom stereocenters. The summed E-state index contributed by atoms with van der Waals surface area (Å²) in [6.45, 7) is 5.32. The van der Waals surface area contributed by atoms with Gasteiger partial charge in [0.25, 0.3) is 11.8 Å². The van der Waals surface area contributed by atoms with Crippen molar-refractivity contribution < 1.29 is 32.3 Å². The zero-order valence-electron chi connectivity index (χ0n) is 21.7. The fourth-order valence-electron chi connectivity index (χ4n) is 4.74. The third-order valence-corrected chi connectivity index (χ3v) is 9.66. The monoisotopic (exact) mass is 577 g/mol. The van der Waals surface area contributed by atoms with Crippen LogP contribution >= 0.6 is 11.3 Å². The molecular formula is C25H31N5O7S2. The summed E-state index contributed by atoms with van der Waals surface area (Å²) in [5.41, 5.74) is 6.03. The summed E-state index contributed by atoms with van der Waals surface area (Å²) in [5, 5.41) is 4.94. The van der Waals surface area contributed by atoms with Gasteiger partial charge in [-0.2, -0.15) is 4.31 Å². The molecule has 0 bridgehead atoms. The summed E-state index contributed by atoms with van der Waals surface area (Å²) in [6.07, 6.45) is 1.61. The van der Waals surface area contributed by atoms with Gasteiger partial charge in [0.15, 0.2) is 0 Å². The quantitative estimate of drug-likeness (QED) is 0.474. The van der Waals surface area contributed by atoms with Gasteiger partial charge >= 0.3 is 12.1 Å². The van der Waals surface area contributed by atoms with Crippen molar-refractivity contribution in [3.05, 3.63) is 45.8 Å². The molecule has 4 N–H and O–H groups in total. The van der Waals surface area contributed by atoms with Crippen molar-refractivity contribution >= 4 is 50.3 Å². The van der Waals surface area contributed by atoms with E-state index in [-0.39, 0.29) is 40.1 Å². The molecule has 0 spiro atoms. The number of hydrogen-bond acceptors (Lipinski definition) is 8. The van der Waals surface area contributed by atoms with Crippen molar-refractivity contribution in [2.75, 3.05) is 31.6 Å². The van der Waals surface area contributed by atoms with E-state index in [4.69, 9.17) is 10.5 Å². The number of carbonyl (C=O) groups excluding carboxylic acids is 4. The van der Waals surface area contributed by atoms with Crippen molar-refractivity contribution in [1.82, 2.24) is 14.5 Å². The van der Waals surface area contributed by atoms with Gasteiger partial charge in [0.05, 0.1) is 23.6 Å². The molecule has 0 aliphatic carbocycles. The average Bonchev–Trinajstić information content (AvgIpc) is 3.25. The van der Waals surface area contributed by atoms with Gasteiger partial charge < -0.3 is 20.7 Å². The molecule has 2 aromatic rings. The van der Waals surface area contributed by atoms with E-state index in [1.165, 1.54) is 33.5 Å². The Morgan fingerprint density at radius 3 is 2.49 bits per heavy atom. The standard InChI is InChI=1S/C25H31N5O7S2/c1-3-37-25(34)29-12-10-18-19(14-29)38-23(20(18)22(32)28-24(26)33)27-21(31)16-6-8-17(9-7-16)39(35,36)30-11-4-5-15(2)13-30/h6-9,15H,3-5,10-14H2,1-2H3,(H,27,31)(H3,26,28,32,33). The van der Waals surface area contributed by atoms with E-state index in [0.717, 1.165) is 24.2 Å². The third kappa shape index (κ3) is 6.23. The number of benzene rings is 1. The Morgan fingerprint density at radius 1 is 1.13 bits per heavy atom. The van der Waals surface area contributed by atoms with Gasteiger partial charge in [-0.25, -0.2) is 18.0 Å². The lowest BCUT2D eigenvalue weighted by Gasteiger charge is -2.30. The smallest absolute Gasteiger partial charge is 0.410 e. The Labute approximate surface area is 230 Å². The first-order chi connectivity index (χ1) is 18.5. The number of hydrogen-bond donors (Lipinski definition) is 3. The first-order valence-corrected chi connectivity index (χ1v) is 14.9. The van der Waals surface area contributed by atoms with Gasteiger partial charge in [-0.05, 0) is 61.9 Å². The van der Waals surface area contributed by atoms with Crippen molar-refractivity contribution in [1.29, 1.82) is 0 Å². The second-order valence-electron chi connectivity index (χ2n) is 9.49. The number of nitrogens with one attached hydrogen (secondary N) is 2. The summed E-state index contributed by atoms with van der Waals surface area (Å²) < 4.78 is 32.6. The van der Waals surface area contributed by atoms with Gasteiger partial charge in [-0.3, -0.25) is 14.9 Å². The van der Waals surface area contributed by atoms with Crippen LogP contribution in [0.5, 0.6) is 0 Å². The Morgan fingerprint density at radius 2 is 1.85 bits per heavy atom. The van der Waals surface area contributed by atoms with Gasteiger partial charge in [0.1, 0.15) is 5.00 Å². The van der Waals surface area contributed by atoms with Crippen LogP contribution in [0.15, 0.2) is 29.2 Å². The van der Waals surface area contributed by atoms with Crippen molar-refractivity contribution in [2.45, 2.75) is 44.6 Å².